The number of fused-ring (bicyclic) bond motifs is 1. The van der Waals surface area contributed by atoms with Gasteiger partial charge in [0.15, 0.2) is 17.5 Å². The Morgan fingerprint density at radius 1 is 1.25 bits per heavy atom. The van der Waals surface area contributed by atoms with Crippen molar-refractivity contribution in [1.82, 2.24) is 4.98 Å². The molecule has 2 aromatic heterocycles. The molecule has 0 fully saturated rings. The van der Waals surface area contributed by atoms with E-state index in [1.807, 2.05) is 0 Å². The van der Waals surface area contributed by atoms with Crippen LogP contribution >= 0.6 is 11.3 Å². The Bertz CT molecular complexity index is 1040. The molecule has 0 aliphatic heterocycles. The molecule has 3 aromatic rings. The van der Waals surface area contributed by atoms with Crippen LogP contribution < -0.4 is 16.6 Å². The molecule has 0 saturated heterocycles. The molecule has 4 N–H and O–H groups in total. The van der Waals surface area contributed by atoms with E-state index in [4.69, 9.17) is 5.73 Å². The second kappa shape index (κ2) is 5.68. The van der Waals surface area contributed by atoms with E-state index in [0.29, 0.717) is 21.8 Å². The summed E-state index contributed by atoms with van der Waals surface area (Å²) in [7, 11) is 0. The predicted molar refractivity (Wildman–Crippen MR) is 85.9 cm³/mol. The maximum Gasteiger partial charge on any atom is 0.268 e. The third kappa shape index (κ3) is 2.52. The first kappa shape index (κ1) is 16.1. The molecule has 3 rings (SSSR count). The maximum atomic E-state index is 13.7. The molecule has 0 spiro atoms. The molecule has 0 atom stereocenters. The highest BCUT2D eigenvalue weighted by atomic mass is 32.1. The van der Waals surface area contributed by atoms with Gasteiger partial charge in [0, 0.05) is 11.5 Å². The van der Waals surface area contributed by atoms with Crippen LogP contribution in [0.5, 0.6) is 0 Å². The van der Waals surface area contributed by atoms with E-state index >= 15 is 0 Å². The second-order valence-corrected chi connectivity index (χ2v) is 6.06. The lowest BCUT2D eigenvalue weighted by Gasteiger charge is -2.06. The third-order valence-corrected chi connectivity index (χ3v) is 4.53. The molecule has 1 aromatic carbocycles. The predicted octanol–water partition coefficient (Wildman–Crippen LogP) is 3.15. The summed E-state index contributed by atoms with van der Waals surface area (Å²) in [5.41, 5.74) is 5.77. The van der Waals surface area contributed by atoms with Gasteiger partial charge in [0.1, 0.15) is 9.71 Å². The zero-order chi connectivity index (χ0) is 17.6. The van der Waals surface area contributed by atoms with Crippen LogP contribution in [-0.2, 0) is 0 Å². The Balaban J connectivity index is 2.04. The molecule has 124 valence electrons. The number of anilines is 2. The Morgan fingerprint density at radius 3 is 2.67 bits per heavy atom. The SMILES string of the molecule is Cc1cc(=O)[nH]c2sc(C(=O)Nc3ccc(F)c(F)c3F)c(N)c12. The van der Waals surface area contributed by atoms with Gasteiger partial charge in [-0.1, -0.05) is 0 Å². The Labute approximate surface area is 136 Å². The monoisotopic (exact) mass is 353 g/mol. The van der Waals surface area contributed by atoms with Crippen LogP contribution in [-0.4, -0.2) is 10.9 Å². The average Bonchev–Trinajstić information content (AvgIpc) is 2.84. The van der Waals surface area contributed by atoms with Crippen molar-refractivity contribution in [2.75, 3.05) is 11.1 Å². The van der Waals surface area contributed by atoms with E-state index < -0.39 is 29.0 Å². The molecule has 0 aliphatic rings. The molecule has 0 saturated carbocycles. The topological polar surface area (TPSA) is 88.0 Å². The first-order valence-electron chi connectivity index (χ1n) is 6.66. The molecule has 9 heteroatoms. The molecular weight excluding hydrogens is 343 g/mol. The van der Waals surface area contributed by atoms with Crippen molar-refractivity contribution >= 4 is 38.8 Å². The van der Waals surface area contributed by atoms with Crippen molar-refractivity contribution < 1.29 is 18.0 Å². The fraction of sp³-hybridized carbons (Fsp3) is 0.0667. The zero-order valence-electron chi connectivity index (χ0n) is 12.2. The number of halogens is 3. The summed E-state index contributed by atoms with van der Waals surface area (Å²) in [6, 6.07) is 2.94. The maximum absolute atomic E-state index is 13.7. The van der Waals surface area contributed by atoms with Crippen LogP contribution in [0.3, 0.4) is 0 Å². The standard InChI is InChI=1S/C15H10F3N3O2S/c1-5-4-8(22)21-15-9(5)12(19)13(24-15)14(23)20-7-3-2-6(16)10(17)11(7)18/h2-4H,19H2,1H3,(H,20,23)(H,21,22). The van der Waals surface area contributed by atoms with Gasteiger partial charge in [-0.2, -0.15) is 0 Å². The van der Waals surface area contributed by atoms with Gasteiger partial charge < -0.3 is 16.0 Å². The number of hydrogen-bond donors (Lipinski definition) is 3. The van der Waals surface area contributed by atoms with Crippen LogP contribution in [0.2, 0.25) is 0 Å². The van der Waals surface area contributed by atoms with E-state index in [1.165, 1.54) is 6.07 Å². The highest BCUT2D eigenvalue weighted by molar-refractivity contribution is 7.21. The van der Waals surface area contributed by atoms with Crippen LogP contribution in [0, 0.1) is 24.4 Å². The lowest BCUT2D eigenvalue weighted by molar-refractivity contribution is 0.103. The number of aryl methyl sites for hydroxylation is 1. The van der Waals surface area contributed by atoms with E-state index in [2.05, 4.69) is 10.3 Å². The minimum Gasteiger partial charge on any atom is -0.397 e. The fourth-order valence-electron chi connectivity index (χ4n) is 2.31. The van der Waals surface area contributed by atoms with Gasteiger partial charge in [-0.05, 0) is 24.6 Å². The van der Waals surface area contributed by atoms with Crippen LogP contribution in [0.4, 0.5) is 24.5 Å². The molecule has 1 amide bonds. The number of benzene rings is 1. The molecule has 0 bridgehead atoms. The van der Waals surface area contributed by atoms with E-state index in [1.54, 1.807) is 6.92 Å². The first-order chi connectivity index (χ1) is 11.3. The molecular formula is C15H10F3N3O2S. The quantitative estimate of drug-likeness (QED) is 0.619. The van der Waals surface area contributed by atoms with Crippen molar-refractivity contribution in [3.8, 4) is 0 Å². The van der Waals surface area contributed by atoms with Crippen molar-refractivity contribution in [2.45, 2.75) is 6.92 Å². The van der Waals surface area contributed by atoms with Gasteiger partial charge in [-0.25, -0.2) is 13.2 Å². The number of H-pyrrole nitrogens is 1. The number of nitrogens with two attached hydrogens (primary N) is 1. The number of aromatic amines is 1. The Hall–Kier alpha value is -2.81. The molecule has 0 aliphatic carbocycles. The van der Waals surface area contributed by atoms with Crippen molar-refractivity contribution in [2.24, 2.45) is 0 Å². The summed E-state index contributed by atoms with van der Waals surface area (Å²) >= 11 is 0.910. The van der Waals surface area contributed by atoms with Crippen molar-refractivity contribution in [1.29, 1.82) is 0 Å². The molecule has 0 radical (unpaired) electrons. The number of carbonyl (C=O) groups excluding carboxylic acids is 1. The molecule has 2 heterocycles. The fourth-order valence-corrected chi connectivity index (χ4v) is 3.39. The van der Waals surface area contributed by atoms with Gasteiger partial charge in [0.2, 0.25) is 5.56 Å². The highest BCUT2D eigenvalue weighted by Gasteiger charge is 2.21. The number of pyridine rings is 1. The van der Waals surface area contributed by atoms with Crippen LogP contribution in [0.1, 0.15) is 15.2 Å². The van der Waals surface area contributed by atoms with E-state index in [-0.39, 0.29) is 16.1 Å². The summed E-state index contributed by atoms with van der Waals surface area (Å²) in [6.07, 6.45) is 0. The second-order valence-electron chi connectivity index (χ2n) is 5.04. The Kier molecular flexibility index (Phi) is 3.80. The summed E-state index contributed by atoms with van der Waals surface area (Å²) in [5.74, 6) is -5.34. The summed E-state index contributed by atoms with van der Waals surface area (Å²) < 4.78 is 39.8. The number of nitrogen functional groups attached to an aromatic ring is 1. The van der Waals surface area contributed by atoms with Crippen molar-refractivity contribution in [3.05, 3.63) is 56.4 Å². The summed E-state index contributed by atoms with van der Waals surface area (Å²) in [4.78, 5) is 26.8. The molecule has 0 unspecified atom stereocenters. The number of nitrogens with one attached hydrogen (secondary N) is 2. The first-order valence-corrected chi connectivity index (χ1v) is 7.48. The zero-order valence-corrected chi connectivity index (χ0v) is 13.0. The lowest BCUT2D eigenvalue weighted by atomic mass is 10.1. The average molecular weight is 353 g/mol. The van der Waals surface area contributed by atoms with Crippen LogP contribution in [0.15, 0.2) is 23.0 Å². The largest absolute Gasteiger partial charge is 0.397 e. The molecule has 24 heavy (non-hydrogen) atoms. The van der Waals surface area contributed by atoms with Crippen molar-refractivity contribution in [3.63, 3.8) is 0 Å². The minimum atomic E-state index is -1.68. The number of thiophene rings is 1. The smallest absolute Gasteiger partial charge is 0.268 e. The number of rotatable bonds is 2. The minimum absolute atomic E-state index is 0.0269. The van der Waals surface area contributed by atoms with Gasteiger partial charge in [0.25, 0.3) is 5.91 Å². The number of carbonyl (C=O) groups is 1. The third-order valence-electron chi connectivity index (χ3n) is 3.41. The lowest BCUT2D eigenvalue weighted by Crippen LogP contribution is -2.14. The van der Waals surface area contributed by atoms with Gasteiger partial charge in [-0.3, -0.25) is 9.59 Å². The van der Waals surface area contributed by atoms with E-state index in [0.717, 1.165) is 17.4 Å². The number of hydrogen-bond acceptors (Lipinski definition) is 4. The number of aromatic nitrogens is 1. The summed E-state index contributed by atoms with van der Waals surface area (Å²) in [6.45, 7) is 1.66. The van der Waals surface area contributed by atoms with E-state index in [9.17, 15) is 22.8 Å². The molecule has 5 nitrogen and oxygen atoms in total. The van der Waals surface area contributed by atoms with Gasteiger partial charge in [0.05, 0.1) is 11.4 Å². The van der Waals surface area contributed by atoms with Crippen LogP contribution in [0.25, 0.3) is 10.2 Å². The normalized spacial score (nSPS) is 11.0. The van der Waals surface area contributed by atoms with Gasteiger partial charge >= 0.3 is 0 Å². The summed E-state index contributed by atoms with van der Waals surface area (Å²) in [5, 5.41) is 2.66. The van der Waals surface area contributed by atoms with Gasteiger partial charge in [-0.15, -0.1) is 11.3 Å². The highest BCUT2D eigenvalue weighted by Crippen LogP contribution is 2.34. The number of amides is 1. The Morgan fingerprint density at radius 2 is 1.96 bits per heavy atom.